The van der Waals surface area contributed by atoms with Crippen LogP contribution in [-0.4, -0.2) is 70.6 Å². The lowest BCUT2D eigenvalue weighted by Gasteiger charge is -2.24. The molecular weight excluding hydrogens is 500 g/mol. The maximum absolute atomic E-state index is 12.1. The molecule has 40 heavy (non-hydrogen) atoms. The minimum atomic E-state index is -0.300. The van der Waals surface area contributed by atoms with Crippen LogP contribution in [0.2, 0.25) is 0 Å². The molecule has 214 valence electrons. The number of nitrogen functional groups attached to an aromatic ring is 1. The molecule has 2 aromatic carbocycles. The number of unbranched alkanes of at least 4 members (excludes halogenated alkanes) is 1. The molecule has 2 heterocycles. The Bertz CT molecular complexity index is 1420. The van der Waals surface area contributed by atoms with Gasteiger partial charge in [0.15, 0.2) is 5.82 Å². The van der Waals surface area contributed by atoms with Crippen LogP contribution in [0.3, 0.4) is 0 Å². The summed E-state index contributed by atoms with van der Waals surface area (Å²) in [7, 11) is 3.59. The first-order valence-corrected chi connectivity index (χ1v) is 14.6. The maximum Gasteiger partial charge on any atom is 0.337 e. The van der Waals surface area contributed by atoms with Crippen molar-refractivity contribution in [1.82, 2.24) is 24.3 Å². The van der Waals surface area contributed by atoms with Gasteiger partial charge < -0.3 is 19.9 Å². The smallest absolute Gasteiger partial charge is 0.337 e. The van der Waals surface area contributed by atoms with Crippen molar-refractivity contribution in [3.8, 4) is 0 Å². The van der Waals surface area contributed by atoms with E-state index in [9.17, 15) is 4.79 Å². The average Bonchev–Trinajstić information content (AvgIpc) is 3.34. The SMILES string of the molecule is CCCCc1nc2c(N)nc3ccccc3c2n1CCCN(CCCN(C)CC)Cc1cccc(C(=O)OC)c1. The second-order valence-electron chi connectivity index (χ2n) is 10.6. The highest BCUT2D eigenvalue weighted by Crippen LogP contribution is 2.29. The largest absolute Gasteiger partial charge is 0.465 e. The van der Waals surface area contributed by atoms with Crippen molar-refractivity contribution in [2.24, 2.45) is 0 Å². The standard InChI is InChI=1S/C32H44N6O2/c1-5-7-17-28-35-29-30(26-15-8-9-16-27(26)34-31(29)33)38(28)21-12-20-37(19-11-18-36(3)6-2)23-24-13-10-14-25(22-24)32(39)40-4/h8-10,13-16,22H,5-7,11-12,17-21,23H2,1-4H3,(H2,33,34). The molecule has 8 nitrogen and oxygen atoms in total. The van der Waals surface area contributed by atoms with Gasteiger partial charge in [0, 0.05) is 31.4 Å². The van der Waals surface area contributed by atoms with Gasteiger partial charge in [0.05, 0.1) is 23.7 Å². The van der Waals surface area contributed by atoms with Crippen molar-refractivity contribution in [1.29, 1.82) is 0 Å². The van der Waals surface area contributed by atoms with Gasteiger partial charge in [-0.05, 0) is 69.7 Å². The van der Waals surface area contributed by atoms with Gasteiger partial charge in [0.1, 0.15) is 11.3 Å². The summed E-state index contributed by atoms with van der Waals surface area (Å²) in [5.41, 5.74) is 10.9. The van der Waals surface area contributed by atoms with E-state index < -0.39 is 0 Å². The number of aromatic nitrogens is 3. The molecule has 0 atom stereocenters. The Morgan fingerprint density at radius 2 is 1.80 bits per heavy atom. The fourth-order valence-corrected chi connectivity index (χ4v) is 5.29. The van der Waals surface area contributed by atoms with Crippen molar-refractivity contribution in [2.75, 3.05) is 46.1 Å². The van der Waals surface area contributed by atoms with Crippen LogP contribution in [0.15, 0.2) is 48.5 Å². The van der Waals surface area contributed by atoms with Gasteiger partial charge >= 0.3 is 5.97 Å². The molecule has 2 aromatic heterocycles. The van der Waals surface area contributed by atoms with E-state index in [0.29, 0.717) is 11.4 Å². The van der Waals surface area contributed by atoms with Crippen LogP contribution < -0.4 is 5.73 Å². The minimum absolute atomic E-state index is 0.300. The molecule has 0 bridgehead atoms. The quantitative estimate of drug-likeness (QED) is 0.197. The van der Waals surface area contributed by atoms with Gasteiger partial charge in [-0.15, -0.1) is 0 Å². The number of nitrogens with zero attached hydrogens (tertiary/aromatic N) is 5. The number of fused-ring (bicyclic) bond motifs is 3. The van der Waals surface area contributed by atoms with Gasteiger partial charge in [-0.3, -0.25) is 4.90 Å². The number of esters is 1. The Kier molecular flexibility index (Phi) is 10.5. The van der Waals surface area contributed by atoms with Crippen molar-refractivity contribution in [3.63, 3.8) is 0 Å². The first-order chi connectivity index (χ1) is 19.4. The zero-order valence-electron chi connectivity index (χ0n) is 24.5. The van der Waals surface area contributed by atoms with E-state index in [2.05, 4.69) is 58.4 Å². The Balaban J connectivity index is 1.56. The van der Waals surface area contributed by atoms with Crippen LogP contribution in [0.4, 0.5) is 5.82 Å². The topological polar surface area (TPSA) is 89.5 Å². The predicted octanol–water partition coefficient (Wildman–Crippen LogP) is 5.53. The average molecular weight is 545 g/mol. The van der Waals surface area contributed by atoms with Gasteiger partial charge in [-0.1, -0.05) is 50.6 Å². The van der Waals surface area contributed by atoms with E-state index in [1.54, 1.807) is 0 Å². The third-order valence-corrected chi connectivity index (χ3v) is 7.61. The second-order valence-corrected chi connectivity index (χ2v) is 10.6. The molecule has 0 amide bonds. The third-order valence-electron chi connectivity index (χ3n) is 7.61. The predicted molar refractivity (Wildman–Crippen MR) is 164 cm³/mol. The molecule has 8 heteroatoms. The summed E-state index contributed by atoms with van der Waals surface area (Å²) in [5.74, 6) is 1.28. The van der Waals surface area contributed by atoms with Crippen LogP contribution >= 0.6 is 0 Å². The number of hydrogen-bond acceptors (Lipinski definition) is 7. The number of pyridine rings is 1. The van der Waals surface area contributed by atoms with Crippen molar-refractivity contribution < 1.29 is 9.53 Å². The van der Waals surface area contributed by atoms with Crippen molar-refractivity contribution in [3.05, 3.63) is 65.5 Å². The van der Waals surface area contributed by atoms with E-state index in [4.69, 9.17) is 15.5 Å². The summed E-state index contributed by atoms with van der Waals surface area (Å²) in [6, 6.07) is 16.0. The molecule has 0 fully saturated rings. The Morgan fingerprint density at radius 1 is 1.00 bits per heavy atom. The van der Waals surface area contributed by atoms with Crippen LogP contribution in [-0.2, 0) is 24.2 Å². The Morgan fingerprint density at radius 3 is 2.58 bits per heavy atom. The Hall–Kier alpha value is -3.49. The molecule has 0 aliphatic heterocycles. The lowest BCUT2D eigenvalue weighted by atomic mass is 10.1. The number of aryl methyl sites for hydroxylation is 2. The number of carbonyl (C=O) groups is 1. The van der Waals surface area contributed by atoms with Gasteiger partial charge in [-0.2, -0.15) is 0 Å². The van der Waals surface area contributed by atoms with Gasteiger partial charge in [0.2, 0.25) is 0 Å². The molecule has 0 aliphatic carbocycles. The summed E-state index contributed by atoms with van der Waals surface area (Å²) in [4.78, 5) is 26.6. The summed E-state index contributed by atoms with van der Waals surface area (Å²) in [6.07, 6.45) is 5.18. The van der Waals surface area contributed by atoms with Crippen LogP contribution in [0.25, 0.3) is 21.9 Å². The number of imidazole rings is 1. The maximum atomic E-state index is 12.1. The summed E-state index contributed by atoms with van der Waals surface area (Å²) in [6.45, 7) is 10.1. The number of ether oxygens (including phenoxy) is 1. The third kappa shape index (κ3) is 7.17. The van der Waals surface area contributed by atoms with E-state index in [-0.39, 0.29) is 5.97 Å². The lowest BCUT2D eigenvalue weighted by Crippen LogP contribution is -2.29. The van der Waals surface area contributed by atoms with E-state index >= 15 is 0 Å². The molecular formula is C32H44N6O2. The fourth-order valence-electron chi connectivity index (χ4n) is 5.29. The molecule has 0 saturated heterocycles. The second kappa shape index (κ2) is 14.2. The van der Waals surface area contributed by atoms with Crippen LogP contribution in [0.5, 0.6) is 0 Å². The number of methoxy groups -OCH3 is 1. The summed E-state index contributed by atoms with van der Waals surface area (Å²) in [5, 5.41) is 1.10. The number of rotatable bonds is 15. The van der Waals surface area contributed by atoms with E-state index in [0.717, 1.165) is 105 Å². The van der Waals surface area contributed by atoms with Gasteiger partial charge in [0.25, 0.3) is 0 Å². The minimum Gasteiger partial charge on any atom is -0.465 e. The molecule has 4 aromatic rings. The highest BCUT2D eigenvalue weighted by molar-refractivity contribution is 6.06. The number of carbonyl (C=O) groups excluding carboxylic acids is 1. The first-order valence-electron chi connectivity index (χ1n) is 14.6. The molecule has 4 rings (SSSR count). The summed E-state index contributed by atoms with van der Waals surface area (Å²) < 4.78 is 7.32. The molecule has 2 N–H and O–H groups in total. The number of benzene rings is 2. The molecule has 0 saturated carbocycles. The number of nitrogens with two attached hydrogens (primary N) is 1. The van der Waals surface area contributed by atoms with Gasteiger partial charge in [-0.25, -0.2) is 14.8 Å². The first kappa shape index (κ1) is 29.5. The molecule has 0 radical (unpaired) electrons. The van der Waals surface area contributed by atoms with Crippen molar-refractivity contribution in [2.45, 2.75) is 59.0 Å². The monoisotopic (exact) mass is 544 g/mol. The molecule has 0 unspecified atom stereocenters. The van der Waals surface area contributed by atoms with Crippen LogP contribution in [0, 0.1) is 0 Å². The number of para-hydroxylation sites is 1. The number of hydrogen-bond donors (Lipinski definition) is 1. The number of anilines is 1. The zero-order chi connectivity index (χ0) is 28.5. The fraction of sp³-hybridized carbons (Fsp3) is 0.469. The molecule has 0 aliphatic rings. The highest BCUT2D eigenvalue weighted by atomic mass is 16.5. The van der Waals surface area contributed by atoms with Crippen molar-refractivity contribution >= 4 is 33.7 Å². The van der Waals surface area contributed by atoms with E-state index in [1.165, 1.54) is 7.11 Å². The lowest BCUT2D eigenvalue weighted by molar-refractivity contribution is 0.0600. The normalized spacial score (nSPS) is 11.8. The summed E-state index contributed by atoms with van der Waals surface area (Å²) >= 11 is 0. The van der Waals surface area contributed by atoms with Crippen LogP contribution in [0.1, 0.15) is 61.3 Å². The zero-order valence-corrected chi connectivity index (χ0v) is 24.5. The van der Waals surface area contributed by atoms with E-state index in [1.807, 2.05) is 30.3 Å². The Labute approximate surface area is 238 Å². The highest BCUT2D eigenvalue weighted by Gasteiger charge is 2.18. The molecule has 0 spiro atoms.